The summed E-state index contributed by atoms with van der Waals surface area (Å²) in [5.41, 5.74) is 4.94. The zero-order valence-corrected chi connectivity index (χ0v) is 18.4. The predicted octanol–water partition coefficient (Wildman–Crippen LogP) is 5.71. The molecule has 1 aliphatic rings. The maximum Gasteiger partial charge on any atom is 0.269 e. The molecule has 0 N–H and O–H groups in total. The molecule has 9 nitrogen and oxygen atoms in total. The third kappa shape index (κ3) is 4.34. The minimum absolute atomic E-state index is 0.0160. The molecule has 9 heteroatoms. The van der Waals surface area contributed by atoms with E-state index in [4.69, 9.17) is 4.74 Å². The summed E-state index contributed by atoms with van der Waals surface area (Å²) in [5.74, 6) is 0.186. The molecule has 1 aromatic heterocycles. The number of nitriles is 1. The van der Waals surface area contributed by atoms with Crippen molar-refractivity contribution in [3.8, 4) is 23.1 Å². The Balaban J connectivity index is 1.92. The number of allylic oxidation sites excluding steroid dienone is 1. The van der Waals surface area contributed by atoms with Gasteiger partial charge >= 0.3 is 0 Å². The Hall–Kier alpha value is -4.58. The van der Waals surface area contributed by atoms with Crippen LogP contribution in [0, 0.1) is 31.6 Å². The zero-order chi connectivity index (χ0) is 24.2. The van der Waals surface area contributed by atoms with Gasteiger partial charge in [-0.1, -0.05) is 0 Å². The van der Waals surface area contributed by atoms with Crippen LogP contribution < -0.4 is 4.74 Å². The number of pyridine rings is 1. The van der Waals surface area contributed by atoms with Crippen LogP contribution in [0.3, 0.4) is 0 Å². The van der Waals surface area contributed by atoms with Gasteiger partial charge < -0.3 is 4.74 Å². The highest BCUT2D eigenvalue weighted by Crippen LogP contribution is 2.41. The molecule has 0 aliphatic heterocycles. The molecule has 0 fully saturated rings. The van der Waals surface area contributed by atoms with Crippen LogP contribution in [-0.4, -0.2) is 21.9 Å². The number of rotatable bonds is 5. The molecule has 0 radical (unpaired) electrons. The number of ether oxygens (including phenoxy) is 1. The lowest BCUT2D eigenvalue weighted by Crippen LogP contribution is -2.05. The summed E-state index contributed by atoms with van der Waals surface area (Å²) in [4.78, 5) is 25.9. The maximum atomic E-state index is 11.1. The van der Waals surface area contributed by atoms with Crippen LogP contribution in [-0.2, 0) is 6.42 Å². The van der Waals surface area contributed by atoms with E-state index in [-0.39, 0.29) is 22.8 Å². The SMILES string of the molecule is COc1nc2c(c(-c3ccc([N+](=O)[O-])cc3)c1C#N)CCCCC2=Cc1ccc([N+](=O)[O-])cc1. The fourth-order valence-corrected chi connectivity index (χ4v) is 4.20. The molecule has 0 saturated carbocycles. The van der Waals surface area contributed by atoms with Crippen molar-refractivity contribution in [2.45, 2.75) is 25.7 Å². The molecule has 0 spiro atoms. The fourth-order valence-electron chi connectivity index (χ4n) is 4.20. The lowest BCUT2D eigenvalue weighted by molar-refractivity contribution is -0.385. The van der Waals surface area contributed by atoms with Crippen LogP contribution in [0.2, 0.25) is 0 Å². The number of aromatic nitrogens is 1. The average molecular weight is 456 g/mol. The first-order valence-electron chi connectivity index (χ1n) is 10.6. The summed E-state index contributed by atoms with van der Waals surface area (Å²) >= 11 is 0. The van der Waals surface area contributed by atoms with Gasteiger partial charge in [0.05, 0.1) is 22.7 Å². The quantitative estimate of drug-likeness (QED) is 0.273. The van der Waals surface area contributed by atoms with Gasteiger partial charge in [-0.2, -0.15) is 5.26 Å². The van der Waals surface area contributed by atoms with Crippen molar-refractivity contribution < 1.29 is 14.6 Å². The van der Waals surface area contributed by atoms with E-state index >= 15 is 0 Å². The Kier molecular flexibility index (Phi) is 6.32. The summed E-state index contributed by atoms with van der Waals surface area (Å²) < 4.78 is 5.46. The van der Waals surface area contributed by atoms with Crippen molar-refractivity contribution in [3.05, 3.63) is 91.1 Å². The van der Waals surface area contributed by atoms with Crippen LogP contribution in [0.15, 0.2) is 48.5 Å². The van der Waals surface area contributed by atoms with Crippen molar-refractivity contribution in [3.63, 3.8) is 0 Å². The second-order valence-corrected chi connectivity index (χ2v) is 7.84. The Bertz CT molecular complexity index is 1340. The maximum absolute atomic E-state index is 11.1. The molecule has 0 saturated heterocycles. The first kappa shape index (κ1) is 22.6. The highest BCUT2D eigenvalue weighted by molar-refractivity contribution is 5.87. The first-order valence-corrected chi connectivity index (χ1v) is 10.6. The van der Waals surface area contributed by atoms with E-state index in [1.54, 1.807) is 24.3 Å². The largest absolute Gasteiger partial charge is 0.480 e. The van der Waals surface area contributed by atoms with E-state index in [0.717, 1.165) is 36.0 Å². The number of hydrogen-bond donors (Lipinski definition) is 0. The van der Waals surface area contributed by atoms with Crippen LogP contribution >= 0.6 is 0 Å². The summed E-state index contributed by atoms with van der Waals surface area (Å²) in [6, 6.07) is 14.6. The molecule has 170 valence electrons. The number of fused-ring (bicyclic) bond motifs is 1. The summed E-state index contributed by atoms with van der Waals surface area (Å²) in [6.45, 7) is 0. The van der Waals surface area contributed by atoms with E-state index < -0.39 is 9.85 Å². The molecule has 1 aliphatic carbocycles. The number of non-ortho nitro benzene ring substituents is 2. The van der Waals surface area contributed by atoms with Gasteiger partial charge in [0, 0.05) is 29.8 Å². The second kappa shape index (κ2) is 9.50. The summed E-state index contributed by atoms with van der Waals surface area (Å²) in [7, 11) is 1.45. The number of nitro groups is 2. The summed E-state index contributed by atoms with van der Waals surface area (Å²) in [6.07, 6.45) is 5.16. The highest BCUT2D eigenvalue weighted by atomic mass is 16.6. The van der Waals surface area contributed by atoms with Gasteiger partial charge in [0.2, 0.25) is 5.88 Å². The van der Waals surface area contributed by atoms with Crippen molar-refractivity contribution >= 4 is 23.0 Å². The van der Waals surface area contributed by atoms with E-state index in [2.05, 4.69) is 11.1 Å². The van der Waals surface area contributed by atoms with Crippen LogP contribution in [0.25, 0.3) is 22.8 Å². The van der Waals surface area contributed by atoms with Crippen molar-refractivity contribution in [1.82, 2.24) is 4.98 Å². The molecule has 2 aromatic carbocycles. The van der Waals surface area contributed by atoms with Crippen molar-refractivity contribution in [2.24, 2.45) is 0 Å². The van der Waals surface area contributed by atoms with Crippen molar-refractivity contribution in [1.29, 1.82) is 5.26 Å². The van der Waals surface area contributed by atoms with E-state index in [1.807, 2.05) is 6.08 Å². The number of hydrogen-bond acceptors (Lipinski definition) is 7. The molecule has 0 amide bonds. The van der Waals surface area contributed by atoms with E-state index in [0.29, 0.717) is 23.2 Å². The minimum atomic E-state index is -0.465. The lowest BCUT2D eigenvalue weighted by Gasteiger charge is -2.18. The van der Waals surface area contributed by atoms with Gasteiger partial charge in [0.1, 0.15) is 11.6 Å². The first-order chi connectivity index (χ1) is 16.4. The Morgan fingerprint density at radius 3 is 2.12 bits per heavy atom. The molecule has 3 aromatic rings. The minimum Gasteiger partial charge on any atom is -0.480 e. The molecule has 4 rings (SSSR count). The molecule has 0 bridgehead atoms. The van der Waals surface area contributed by atoms with Gasteiger partial charge in [0.15, 0.2) is 0 Å². The Morgan fingerprint density at radius 2 is 1.56 bits per heavy atom. The van der Waals surface area contributed by atoms with Gasteiger partial charge in [-0.15, -0.1) is 0 Å². The predicted molar refractivity (Wildman–Crippen MR) is 126 cm³/mol. The Labute approximate surface area is 195 Å². The Morgan fingerprint density at radius 1 is 0.971 bits per heavy atom. The van der Waals surface area contributed by atoms with Gasteiger partial charge in [-0.05, 0) is 78.3 Å². The third-order valence-electron chi connectivity index (χ3n) is 5.81. The summed E-state index contributed by atoms with van der Waals surface area (Å²) in [5, 5.41) is 32.0. The lowest BCUT2D eigenvalue weighted by atomic mass is 9.90. The van der Waals surface area contributed by atoms with Crippen molar-refractivity contribution in [2.75, 3.05) is 7.11 Å². The topological polar surface area (TPSA) is 132 Å². The number of nitro benzene ring substituents is 2. The van der Waals surface area contributed by atoms with E-state index in [1.165, 1.54) is 31.4 Å². The standard InChI is InChI=1S/C25H20N4O5/c1-34-25-22(15-26)23(17-8-12-20(13-9-17)29(32)33)21-5-3-2-4-18(24(21)27-25)14-16-6-10-19(11-7-16)28(30)31/h6-14H,2-5H2,1H3. The van der Waals surface area contributed by atoms with Gasteiger partial charge in [-0.3, -0.25) is 20.2 Å². The molecular formula is C25H20N4O5. The number of methoxy groups -OCH3 is 1. The average Bonchev–Trinajstić information content (AvgIpc) is 3.05. The monoisotopic (exact) mass is 456 g/mol. The van der Waals surface area contributed by atoms with Gasteiger partial charge in [0.25, 0.3) is 11.4 Å². The van der Waals surface area contributed by atoms with Crippen LogP contribution in [0.1, 0.15) is 41.6 Å². The van der Waals surface area contributed by atoms with E-state index in [9.17, 15) is 25.5 Å². The van der Waals surface area contributed by atoms with Crippen LogP contribution in [0.5, 0.6) is 5.88 Å². The smallest absolute Gasteiger partial charge is 0.269 e. The number of nitrogens with zero attached hydrogens (tertiary/aromatic N) is 4. The fraction of sp³-hybridized carbons (Fsp3) is 0.200. The van der Waals surface area contributed by atoms with Crippen LogP contribution in [0.4, 0.5) is 11.4 Å². The molecule has 34 heavy (non-hydrogen) atoms. The highest BCUT2D eigenvalue weighted by Gasteiger charge is 2.25. The zero-order valence-electron chi connectivity index (χ0n) is 18.4. The molecule has 0 atom stereocenters. The normalized spacial score (nSPS) is 14.1. The third-order valence-corrected chi connectivity index (χ3v) is 5.81. The number of benzene rings is 2. The second-order valence-electron chi connectivity index (χ2n) is 7.84. The van der Waals surface area contributed by atoms with Gasteiger partial charge in [-0.25, -0.2) is 4.98 Å². The molecule has 1 heterocycles. The molecule has 0 unspecified atom stereocenters. The molecular weight excluding hydrogens is 436 g/mol.